The van der Waals surface area contributed by atoms with E-state index in [1.165, 1.54) is 12.0 Å². The van der Waals surface area contributed by atoms with Crippen molar-refractivity contribution in [2.24, 2.45) is 0 Å². The summed E-state index contributed by atoms with van der Waals surface area (Å²) in [6.07, 6.45) is 5.70. The van der Waals surface area contributed by atoms with E-state index in [1.54, 1.807) is 18.2 Å². The molecule has 190 valence electrons. The predicted molar refractivity (Wildman–Crippen MR) is 144 cm³/mol. The van der Waals surface area contributed by atoms with Crippen molar-refractivity contribution in [1.29, 1.82) is 0 Å². The largest absolute Gasteiger partial charge is 0.490 e. The van der Waals surface area contributed by atoms with Gasteiger partial charge < -0.3 is 20.3 Å². The number of rotatable bonds is 10. The number of nitrogens with one attached hydrogen (secondary N) is 1. The van der Waals surface area contributed by atoms with Gasteiger partial charge in [0.25, 0.3) is 0 Å². The Morgan fingerprint density at radius 3 is 2.44 bits per heavy atom. The van der Waals surface area contributed by atoms with Gasteiger partial charge in [-0.15, -0.1) is 0 Å². The van der Waals surface area contributed by atoms with Gasteiger partial charge in [0.15, 0.2) is 0 Å². The first-order valence-electron chi connectivity index (χ1n) is 12.7. The molecule has 0 radical (unpaired) electrons. The highest BCUT2D eigenvalue weighted by Crippen LogP contribution is 2.31. The van der Waals surface area contributed by atoms with E-state index in [0.29, 0.717) is 17.3 Å². The summed E-state index contributed by atoms with van der Waals surface area (Å²) in [6, 6.07) is 21.1. The van der Waals surface area contributed by atoms with Crippen molar-refractivity contribution in [3.05, 3.63) is 88.4 Å². The lowest BCUT2D eigenvalue weighted by atomic mass is 9.97. The summed E-state index contributed by atoms with van der Waals surface area (Å²) in [4.78, 5) is 11.7. The first kappa shape index (κ1) is 26.2. The molecule has 1 saturated carbocycles. The number of aliphatic hydroxyl groups excluding tert-OH is 1. The van der Waals surface area contributed by atoms with Gasteiger partial charge in [0.1, 0.15) is 11.3 Å². The summed E-state index contributed by atoms with van der Waals surface area (Å²) in [6.45, 7) is 2.54. The van der Waals surface area contributed by atoms with Gasteiger partial charge in [-0.3, -0.25) is 0 Å². The molecular weight excluding hydrogens is 474 g/mol. The van der Waals surface area contributed by atoms with E-state index in [9.17, 15) is 15.0 Å². The average molecular weight is 508 g/mol. The Balaban J connectivity index is 1.38. The second-order valence-electron chi connectivity index (χ2n) is 9.68. The molecule has 0 bridgehead atoms. The van der Waals surface area contributed by atoms with Crippen molar-refractivity contribution < 1.29 is 19.7 Å². The van der Waals surface area contributed by atoms with Crippen LogP contribution in [0, 0.1) is 0 Å². The second-order valence-corrected chi connectivity index (χ2v) is 10.1. The number of hydrogen-bond donors (Lipinski definition) is 3. The lowest BCUT2D eigenvalue weighted by molar-refractivity contribution is 0.0686. The lowest BCUT2D eigenvalue weighted by Crippen LogP contribution is -2.32. The number of hydrogen-bond acceptors (Lipinski definition) is 4. The van der Waals surface area contributed by atoms with Gasteiger partial charge in [-0.25, -0.2) is 4.79 Å². The molecule has 3 aromatic rings. The number of aromatic carboxylic acids is 1. The van der Waals surface area contributed by atoms with E-state index in [-0.39, 0.29) is 17.7 Å². The number of carbonyl (C=O) groups is 1. The minimum atomic E-state index is -0.968. The van der Waals surface area contributed by atoms with E-state index >= 15 is 0 Å². The topological polar surface area (TPSA) is 78.8 Å². The van der Waals surface area contributed by atoms with Crippen LogP contribution in [0.25, 0.3) is 11.1 Å². The molecule has 0 spiro atoms. The first-order valence-corrected chi connectivity index (χ1v) is 13.1. The van der Waals surface area contributed by atoms with Gasteiger partial charge in [0.2, 0.25) is 0 Å². The van der Waals surface area contributed by atoms with Crippen LogP contribution in [0.5, 0.6) is 5.75 Å². The molecule has 0 aliphatic heterocycles. The highest BCUT2D eigenvalue weighted by molar-refractivity contribution is 6.30. The molecule has 4 rings (SSSR count). The Kier molecular flexibility index (Phi) is 9.03. The molecule has 0 heterocycles. The second kappa shape index (κ2) is 12.4. The van der Waals surface area contributed by atoms with Crippen LogP contribution < -0.4 is 10.1 Å². The number of carboxylic acid groups (broad SMARTS) is 1. The highest BCUT2D eigenvalue weighted by atomic mass is 35.5. The van der Waals surface area contributed by atoms with Crippen LogP contribution in [0.2, 0.25) is 5.02 Å². The summed E-state index contributed by atoms with van der Waals surface area (Å²) >= 11 is 6.03. The normalized spacial score (nSPS) is 15.9. The van der Waals surface area contributed by atoms with Gasteiger partial charge in [-0.1, -0.05) is 60.5 Å². The molecule has 5 nitrogen and oxygen atoms in total. The van der Waals surface area contributed by atoms with Crippen LogP contribution in [-0.4, -0.2) is 34.9 Å². The minimum Gasteiger partial charge on any atom is -0.490 e. The SMILES string of the molecule is C[C@H](Cc1ccc(-c2ccc(C(=O)O)c(OC3CCCCC3)c2)cc1)NC[C@H](O)c1cccc(Cl)c1. The minimum absolute atomic E-state index is 0.0841. The van der Waals surface area contributed by atoms with E-state index in [0.717, 1.165) is 48.8 Å². The number of aliphatic hydroxyl groups is 1. The fourth-order valence-electron chi connectivity index (χ4n) is 4.74. The summed E-state index contributed by atoms with van der Waals surface area (Å²) in [5.41, 5.74) is 4.14. The standard InChI is InChI=1S/C30H34ClNO4/c1-20(32-19-28(33)24-6-5-7-25(31)17-24)16-21-10-12-22(13-11-21)23-14-15-27(30(34)35)29(18-23)36-26-8-3-2-4-9-26/h5-7,10-15,17-18,20,26,28,32-33H,2-4,8-9,16,19H2,1H3,(H,34,35)/t20-,28+/m1/s1. The van der Waals surface area contributed by atoms with Gasteiger partial charge in [0, 0.05) is 17.6 Å². The van der Waals surface area contributed by atoms with Crippen LogP contribution in [0.1, 0.15) is 66.6 Å². The number of carboxylic acids is 1. The summed E-state index contributed by atoms with van der Waals surface area (Å²) in [5, 5.41) is 24.1. The van der Waals surface area contributed by atoms with Crippen LogP contribution in [0.4, 0.5) is 0 Å². The zero-order valence-corrected chi connectivity index (χ0v) is 21.4. The molecule has 1 fully saturated rings. The third kappa shape index (κ3) is 7.10. The third-order valence-corrected chi connectivity index (χ3v) is 7.02. The molecule has 3 N–H and O–H groups in total. The number of benzene rings is 3. The summed E-state index contributed by atoms with van der Waals surface area (Å²) in [5.74, 6) is -0.517. The van der Waals surface area contributed by atoms with Crippen LogP contribution in [0.3, 0.4) is 0 Å². The van der Waals surface area contributed by atoms with Gasteiger partial charge in [-0.05, 0) is 85.5 Å². The quantitative estimate of drug-likeness (QED) is 0.285. The molecular formula is C30H34ClNO4. The maximum atomic E-state index is 11.7. The highest BCUT2D eigenvalue weighted by Gasteiger charge is 2.19. The van der Waals surface area contributed by atoms with E-state index < -0.39 is 12.1 Å². The monoisotopic (exact) mass is 507 g/mol. The molecule has 1 aliphatic carbocycles. The zero-order chi connectivity index (χ0) is 25.5. The smallest absolute Gasteiger partial charge is 0.339 e. The number of ether oxygens (including phenoxy) is 1. The first-order chi connectivity index (χ1) is 17.4. The Morgan fingerprint density at radius 1 is 1.03 bits per heavy atom. The van der Waals surface area contributed by atoms with E-state index in [4.69, 9.17) is 16.3 Å². The molecule has 36 heavy (non-hydrogen) atoms. The lowest BCUT2D eigenvalue weighted by Gasteiger charge is -2.24. The van der Waals surface area contributed by atoms with Crippen molar-refractivity contribution in [2.45, 2.75) is 63.7 Å². The molecule has 0 saturated heterocycles. The van der Waals surface area contributed by atoms with E-state index in [1.807, 2.05) is 24.3 Å². The molecule has 0 aromatic heterocycles. The molecule has 3 aromatic carbocycles. The van der Waals surface area contributed by atoms with Crippen molar-refractivity contribution in [2.75, 3.05) is 6.54 Å². The maximum Gasteiger partial charge on any atom is 0.339 e. The van der Waals surface area contributed by atoms with Crippen LogP contribution in [0.15, 0.2) is 66.7 Å². The van der Waals surface area contributed by atoms with E-state index in [2.05, 4.69) is 36.5 Å². The maximum absolute atomic E-state index is 11.7. The van der Waals surface area contributed by atoms with Crippen molar-refractivity contribution in [3.8, 4) is 16.9 Å². The molecule has 0 amide bonds. The summed E-state index contributed by atoms with van der Waals surface area (Å²) in [7, 11) is 0. The average Bonchev–Trinajstić information content (AvgIpc) is 2.88. The van der Waals surface area contributed by atoms with Crippen LogP contribution in [-0.2, 0) is 6.42 Å². The molecule has 6 heteroatoms. The van der Waals surface area contributed by atoms with Crippen LogP contribution >= 0.6 is 11.6 Å². The molecule has 0 unspecified atom stereocenters. The zero-order valence-electron chi connectivity index (χ0n) is 20.6. The van der Waals surface area contributed by atoms with Gasteiger partial charge in [-0.2, -0.15) is 0 Å². The fourth-order valence-corrected chi connectivity index (χ4v) is 4.94. The van der Waals surface area contributed by atoms with Crippen molar-refractivity contribution in [1.82, 2.24) is 5.32 Å². The predicted octanol–water partition coefficient (Wildman–Crippen LogP) is 6.67. The molecule has 1 aliphatic rings. The van der Waals surface area contributed by atoms with Gasteiger partial charge in [0.05, 0.1) is 12.2 Å². The fraction of sp³-hybridized carbons (Fsp3) is 0.367. The number of halogens is 1. The molecule has 2 atom stereocenters. The van der Waals surface area contributed by atoms with Gasteiger partial charge >= 0.3 is 5.97 Å². The Labute approximate surface area is 218 Å². The third-order valence-electron chi connectivity index (χ3n) is 6.78. The summed E-state index contributed by atoms with van der Waals surface area (Å²) < 4.78 is 6.15. The van der Waals surface area contributed by atoms with Crippen molar-refractivity contribution >= 4 is 17.6 Å². The van der Waals surface area contributed by atoms with Crippen molar-refractivity contribution in [3.63, 3.8) is 0 Å². The Bertz CT molecular complexity index is 1160. The Morgan fingerprint density at radius 2 is 1.75 bits per heavy atom. The Hall–Kier alpha value is -2.86.